The van der Waals surface area contributed by atoms with Crippen molar-refractivity contribution in [1.29, 1.82) is 5.26 Å². The minimum Gasteiger partial charge on any atom is -0.495 e. The van der Waals surface area contributed by atoms with Gasteiger partial charge in [-0.25, -0.2) is 0 Å². The average Bonchev–Trinajstić information content (AvgIpc) is 2.76. The number of nitriles is 1. The Hall–Kier alpha value is -4.22. The fourth-order valence-electron chi connectivity index (χ4n) is 3.07. The Morgan fingerprint density at radius 2 is 1.93 bits per heavy atom. The number of hydrogen-bond acceptors (Lipinski definition) is 4. The van der Waals surface area contributed by atoms with Gasteiger partial charge in [0.1, 0.15) is 29.7 Å². The average molecular weight is 396 g/mol. The van der Waals surface area contributed by atoms with Crippen molar-refractivity contribution in [3.05, 3.63) is 71.3 Å². The lowest BCUT2D eigenvalue weighted by atomic mass is 10.0. The topological polar surface area (TPSA) is 71.3 Å². The smallest absolute Gasteiger partial charge is 0.266 e. The molecule has 3 rings (SSSR count). The van der Waals surface area contributed by atoms with Gasteiger partial charge in [-0.2, -0.15) is 5.26 Å². The molecule has 0 aliphatic carbocycles. The number of amides is 1. The lowest BCUT2D eigenvalue weighted by Crippen LogP contribution is -2.14. The molecule has 0 saturated carbocycles. The Kier molecular flexibility index (Phi) is 6.37. The highest BCUT2D eigenvalue weighted by molar-refractivity contribution is 6.11. The van der Waals surface area contributed by atoms with Crippen LogP contribution in [0.2, 0.25) is 0 Å². The molecule has 0 heterocycles. The first-order valence-electron chi connectivity index (χ1n) is 9.23. The fourth-order valence-corrected chi connectivity index (χ4v) is 3.07. The Morgan fingerprint density at radius 3 is 2.67 bits per heavy atom. The van der Waals surface area contributed by atoms with E-state index in [1.54, 1.807) is 18.2 Å². The summed E-state index contributed by atoms with van der Waals surface area (Å²) in [6.45, 7) is 1.98. The molecule has 3 aromatic carbocycles. The highest BCUT2D eigenvalue weighted by atomic mass is 16.5. The lowest BCUT2D eigenvalue weighted by Gasteiger charge is -2.12. The van der Waals surface area contributed by atoms with Crippen LogP contribution in [0.1, 0.15) is 11.1 Å². The molecule has 0 fully saturated rings. The number of anilines is 1. The predicted octanol–water partition coefficient (Wildman–Crippen LogP) is 4.71. The summed E-state index contributed by atoms with van der Waals surface area (Å²) in [5.41, 5.74) is 1.99. The van der Waals surface area contributed by atoms with Crippen molar-refractivity contribution in [3.8, 4) is 29.9 Å². The van der Waals surface area contributed by atoms with Gasteiger partial charge in [0.05, 0.1) is 12.8 Å². The van der Waals surface area contributed by atoms with Crippen LogP contribution in [-0.2, 0) is 4.79 Å². The number of carbonyl (C=O) groups is 1. The van der Waals surface area contributed by atoms with Crippen LogP contribution in [0.15, 0.2) is 60.2 Å². The van der Waals surface area contributed by atoms with Crippen LogP contribution in [0, 0.1) is 30.6 Å². The number of nitrogens with zero attached hydrogens (tertiary/aromatic N) is 1. The molecule has 0 aliphatic heterocycles. The van der Waals surface area contributed by atoms with Crippen LogP contribution in [0.4, 0.5) is 5.69 Å². The molecule has 1 N–H and O–H groups in total. The zero-order chi connectivity index (χ0) is 21.5. The van der Waals surface area contributed by atoms with Crippen LogP contribution in [-0.4, -0.2) is 19.6 Å². The van der Waals surface area contributed by atoms with Crippen LogP contribution < -0.4 is 14.8 Å². The molecule has 0 atom stereocenters. The zero-order valence-corrected chi connectivity index (χ0v) is 16.7. The maximum Gasteiger partial charge on any atom is 0.266 e. The number of fused-ring (bicyclic) bond motifs is 1. The van der Waals surface area contributed by atoms with Crippen LogP contribution >= 0.6 is 0 Å². The minimum absolute atomic E-state index is 0.0690. The van der Waals surface area contributed by atoms with E-state index < -0.39 is 5.91 Å². The number of ether oxygens (including phenoxy) is 2. The van der Waals surface area contributed by atoms with Gasteiger partial charge in [-0.15, -0.1) is 6.42 Å². The molecule has 5 heteroatoms. The third-order valence-corrected chi connectivity index (χ3v) is 4.50. The summed E-state index contributed by atoms with van der Waals surface area (Å²) < 4.78 is 10.9. The lowest BCUT2D eigenvalue weighted by molar-refractivity contribution is -0.112. The van der Waals surface area contributed by atoms with Gasteiger partial charge < -0.3 is 14.8 Å². The molecule has 1 amide bonds. The standard InChI is InChI=1S/C25H20N2O3/c1-4-13-30-23-12-10-18-7-5-6-8-20(18)21(23)15-19(16-26)25(28)27-22-14-17(2)9-11-24(22)29-3/h1,5-12,14-15H,13H2,2-3H3,(H,27,28)/b19-15+. The van der Waals surface area contributed by atoms with Crippen LogP contribution in [0.3, 0.4) is 0 Å². The number of benzene rings is 3. The van der Waals surface area contributed by atoms with Gasteiger partial charge in [0.2, 0.25) is 0 Å². The Balaban J connectivity index is 2.05. The van der Waals surface area contributed by atoms with Gasteiger partial charge in [-0.3, -0.25) is 4.79 Å². The Labute approximate surface area is 175 Å². The number of aryl methyl sites for hydroxylation is 1. The second-order valence-corrected chi connectivity index (χ2v) is 6.52. The summed E-state index contributed by atoms with van der Waals surface area (Å²) in [6.07, 6.45) is 6.84. The summed E-state index contributed by atoms with van der Waals surface area (Å²) in [7, 11) is 1.52. The Bertz CT molecular complexity index is 1210. The van der Waals surface area contributed by atoms with E-state index in [2.05, 4.69) is 11.2 Å². The van der Waals surface area contributed by atoms with Crippen LogP contribution in [0.25, 0.3) is 16.8 Å². The summed E-state index contributed by atoms with van der Waals surface area (Å²) in [5.74, 6) is 2.90. The van der Waals surface area contributed by atoms with Gasteiger partial charge in [0.15, 0.2) is 0 Å². The second-order valence-electron chi connectivity index (χ2n) is 6.52. The predicted molar refractivity (Wildman–Crippen MR) is 118 cm³/mol. The van der Waals surface area contributed by atoms with E-state index in [9.17, 15) is 10.1 Å². The second kappa shape index (κ2) is 9.32. The number of rotatable bonds is 6. The first kappa shape index (κ1) is 20.5. The molecule has 148 valence electrons. The van der Waals surface area contributed by atoms with E-state index in [1.165, 1.54) is 13.2 Å². The normalized spacial score (nSPS) is 10.7. The number of methoxy groups -OCH3 is 1. The number of terminal acetylenes is 1. The number of carbonyl (C=O) groups excluding carboxylic acids is 1. The fraction of sp³-hybridized carbons (Fsp3) is 0.120. The van der Waals surface area contributed by atoms with Gasteiger partial charge in [0, 0.05) is 5.56 Å². The van der Waals surface area contributed by atoms with Gasteiger partial charge in [-0.05, 0) is 47.5 Å². The van der Waals surface area contributed by atoms with Gasteiger partial charge in [-0.1, -0.05) is 42.3 Å². The molecule has 5 nitrogen and oxygen atoms in total. The summed E-state index contributed by atoms with van der Waals surface area (Å²) in [5, 5.41) is 14.2. The number of hydrogen-bond donors (Lipinski definition) is 1. The third kappa shape index (κ3) is 4.43. The largest absolute Gasteiger partial charge is 0.495 e. The summed E-state index contributed by atoms with van der Waals surface area (Å²) >= 11 is 0. The van der Waals surface area contributed by atoms with Gasteiger partial charge in [0.25, 0.3) is 5.91 Å². The van der Waals surface area contributed by atoms with Crippen molar-refractivity contribution in [2.24, 2.45) is 0 Å². The van der Waals surface area contributed by atoms with Crippen molar-refractivity contribution < 1.29 is 14.3 Å². The van der Waals surface area contributed by atoms with Crippen LogP contribution in [0.5, 0.6) is 11.5 Å². The molecular formula is C25H20N2O3. The molecular weight excluding hydrogens is 376 g/mol. The van der Waals surface area contributed by atoms with Crippen molar-refractivity contribution >= 4 is 28.4 Å². The first-order valence-corrected chi connectivity index (χ1v) is 9.23. The van der Waals surface area contributed by atoms with Crippen molar-refractivity contribution in [2.45, 2.75) is 6.92 Å². The molecule has 3 aromatic rings. The Morgan fingerprint density at radius 1 is 1.17 bits per heavy atom. The zero-order valence-electron chi connectivity index (χ0n) is 16.7. The molecule has 30 heavy (non-hydrogen) atoms. The molecule has 0 unspecified atom stereocenters. The third-order valence-electron chi connectivity index (χ3n) is 4.50. The van der Waals surface area contributed by atoms with Crippen molar-refractivity contribution in [3.63, 3.8) is 0 Å². The minimum atomic E-state index is -0.544. The van der Waals surface area contributed by atoms with E-state index in [1.807, 2.05) is 49.4 Å². The molecule has 0 radical (unpaired) electrons. The summed E-state index contributed by atoms with van der Waals surface area (Å²) in [4.78, 5) is 12.9. The molecule has 0 spiro atoms. The van der Waals surface area contributed by atoms with E-state index in [-0.39, 0.29) is 12.2 Å². The molecule has 0 saturated heterocycles. The first-order chi connectivity index (χ1) is 14.6. The maximum absolute atomic E-state index is 12.9. The van der Waals surface area contributed by atoms with E-state index in [4.69, 9.17) is 15.9 Å². The molecule has 0 aliphatic rings. The SMILES string of the molecule is C#CCOc1ccc2ccccc2c1/C=C(\C#N)C(=O)Nc1cc(C)ccc1OC. The molecule has 0 bridgehead atoms. The van der Waals surface area contributed by atoms with Crippen molar-refractivity contribution in [2.75, 3.05) is 19.0 Å². The number of nitrogens with one attached hydrogen (secondary N) is 1. The maximum atomic E-state index is 12.9. The summed E-state index contributed by atoms with van der Waals surface area (Å²) in [6, 6.07) is 18.7. The quantitative estimate of drug-likeness (QED) is 0.372. The van der Waals surface area contributed by atoms with E-state index in [0.29, 0.717) is 22.7 Å². The van der Waals surface area contributed by atoms with E-state index in [0.717, 1.165) is 16.3 Å². The van der Waals surface area contributed by atoms with E-state index >= 15 is 0 Å². The highest BCUT2D eigenvalue weighted by Crippen LogP contribution is 2.31. The highest BCUT2D eigenvalue weighted by Gasteiger charge is 2.15. The van der Waals surface area contributed by atoms with Crippen molar-refractivity contribution in [1.82, 2.24) is 0 Å². The monoisotopic (exact) mass is 396 g/mol. The van der Waals surface area contributed by atoms with Gasteiger partial charge >= 0.3 is 0 Å². The molecule has 0 aromatic heterocycles.